The van der Waals surface area contributed by atoms with Crippen molar-refractivity contribution in [3.63, 3.8) is 0 Å². The Kier molecular flexibility index (Phi) is 17.0. The summed E-state index contributed by atoms with van der Waals surface area (Å²) >= 11 is 0. The van der Waals surface area contributed by atoms with E-state index in [4.69, 9.17) is 10.6 Å². The van der Waals surface area contributed by atoms with Crippen molar-refractivity contribution in [3.8, 4) is 0 Å². The van der Waals surface area contributed by atoms with Gasteiger partial charge in [0.1, 0.15) is 5.78 Å². The highest BCUT2D eigenvalue weighted by molar-refractivity contribution is 7.50. The largest absolute Gasteiger partial charge is 0.447 e. The molecular weight excluding hydrogens is 591 g/mol. The summed E-state index contributed by atoms with van der Waals surface area (Å²) in [6.07, 6.45) is 13.2. The first-order chi connectivity index (χ1) is 22.0. The van der Waals surface area contributed by atoms with Gasteiger partial charge in [-0.05, 0) is 79.2 Å². The minimum absolute atomic E-state index is 0.00390. The van der Waals surface area contributed by atoms with E-state index in [1.165, 1.54) is 18.6 Å². The Morgan fingerprint density at radius 1 is 1.16 bits per heavy atom. The summed E-state index contributed by atoms with van der Waals surface area (Å²) in [7, 11) is -1.07. The van der Waals surface area contributed by atoms with E-state index in [0.717, 1.165) is 38.5 Å². The van der Waals surface area contributed by atoms with E-state index >= 15 is 0 Å². The molecule has 2 aliphatic heterocycles. The Balaban J connectivity index is 1.97. The number of hydrogen-bond donors (Lipinski definition) is 2. The lowest BCUT2D eigenvalue weighted by Crippen LogP contribution is -2.44. The van der Waals surface area contributed by atoms with Crippen molar-refractivity contribution in [1.29, 1.82) is 0 Å². The molecule has 0 aromatic heterocycles. The minimum atomic E-state index is -1.07. The Morgan fingerprint density at radius 2 is 1.87 bits per heavy atom. The van der Waals surface area contributed by atoms with Crippen LogP contribution >= 0.6 is 8.30 Å². The van der Waals surface area contributed by atoms with Gasteiger partial charge in [-0.1, -0.05) is 32.3 Å². The van der Waals surface area contributed by atoms with Crippen molar-refractivity contribution in [2.24, 2.45) is 16.8 Å². The molecule has 5 atom stereocenters. The SMILES string of the molecule is [2H]C[C@H]1O[C@@H](C2C=C(/C=C/C(=O)NCCCCCCCC(=O)CCC)C(=O)NC2=O)CC1CP(OC=NCC)N(C(C)C)C(C)C. The summed E-state index contributed by atoms with van der Waals surface area (Å²) in [4.78, 5) is 53.8. The number of carbonyl (C=O) groups is 4. The van der Waals surface area contributed by atoms with Gasteiger partial charge < -0.3 is 14.6 Å². The fourth-order valence-corrected chi connectivity index (χ4v) is 8.14. The average molecular weight is 650 g/mol. The molecule has 2 aliphatic rings. The van der Waals surface area contributed by atoms with Crippen LogP contribution < -0.4 is 10.6 Å². The van der Waals surface area contributed by atoms with Crippen molar-refractivity contribution in [3.05, 3.63) is 23.8 Å². The van der Waals surface area contributed by atoms with Crippen molar-refractivity contribution >= 4 is 38.2 Å². The molecule has 45 heavy (non-hydrogen) atoms. The maximum atomic E-state index is 12.9. The van der Waals surface area contributed by atoms with Gasteiger partial charge in [-0.2, -0.15) is 0 Å². The molecule has 0 radical (unpaired) electrons. The van der Waals surface area contributed by atoms with Crippen LogP contribution in [0.1, 0.15) is 108 Å². The van der Waals surface area contributed by atoms with E-state index in [1.807, 2.05) is 13.8 Å². The van der Waals surface area contributed by atoms with Gasteiger partial charge in [0.15, 0.2) is 14.7 Å². The van der Waals surface area contributed by atoms with Crippen LogP contribution in [-0.4, -0.2) is 78.1 Å². The molecule has 2 heterocycles. The first-order valence-electron chi connectivity index (χ1n) is 17.4. The molecule has 10 nitrogen and oxygen atoms in total. The van der Waals surface area contributed by atoms with Crippen LogP contribution in [0.25, 0.3) is 0 Å². The molecule has 11 heteroatoms. The van der Waals surface area contributed by atoms with Crippen LogP contribution in [-0.2, 0) is 28.4 Å². The van der Waals surface area contributed by atoms with E-state index in [2.05, 4.69) is 48.0 Å². The number of Topliss-reactive ketones (excluding diaryl/α,β-unsaturated/α-hetero) is 1. The van der Waals surface area contributed by atoms with Gasteiger partial charge in [-0.3, -0.25) is 29.5 Å². The summed E-state index contributed by atoms with van der Waals surface area (Å²) in [5.41, 5.74) is 0.235. The first-order valence-corrected chi connectivity index (χ1v) is 18.1. The number of unbranched alkanes of at least 4 members (excludes halogenated alkanes) is 4. The van der Waals surface area contributed by atoms with Gasteiger partial charge in [-0.25, -0.2) is 4.67 Å². The number of ether oxygens (including phenoxy) is 1. The summed E-state index contributed by atoms with van der Waals surface area (Å²) in [6, 6.07) is 0.493. The standard InChI is InChI=1S/C34H57N4O6P/c1-8-15-29(39)16-13-11-10-12-14-19-36-32(40)18-17-27-20-30(34(42)37-33(27)41)31-21-28(26(7)44-31)22-45(43-23-35-9-2)38(24(3)4)25(5)6/h17-18,20,23-26,28,30-31H,8-16,19,21-22H2,1-7H3,(H,36,40)(H,37,41,42)/b18-17+,35-23?/t26-,28?,30?,31-,45?/m1/s1/i7D. The van der Waals surface area contributed by atoms with Crippen LogP contribution in [0, 0.1) is 11.8 Å². The maximum Gasteiger partial charge on any atom is 0.257 e. The Bertz CT molecular complexity index is 1070. The molecule has 2 N–H and O–H groups in total. The zero-order valence-electron chi connectivity index (χ0n) is 29.3. The first kappa shape index (κ1) is 37.0. The summed E-state index contributed by atoms with van der Waals surface area (Å²) < 4.78 is 22.9. The van der Waals surface area contributed by atoms with E-state index in [1.54, 1.807) is 6.08 Å². The molecule has 0 bridgehead atoms. The Labute approximate surface area is 273 Å². The molecule has 0 aromatic rings. The molecular formula is C34H57N4O6P. The van der Waals surface area contributed by atoms with Crippen LogP contribution in [0.3, 0.4) is 0 Å². The highest BCUT2D eigenvalue weighted by Gasteiger charge is 2.43. The molecule has 254 valence electrons. The number of carbonyl (C=O) groups excluding carboxylic acids is 4. The third-order valence-corrected chi connectivity index (χ3v) is 10.5. The maximum absolute atomic E-state index is 12.9. The van der Waals surface area contributed by atoms with Gasteiger partial charge in [0.2, 0.25) is 11.8 Å². The number of imide groups is 1. The van der Waals surface area contributed by atoms with E-state index in [0.29, 0.717) is 44.3 Å². The molecule has 1 saturated heterocycles. The topological polar surface area (TPSA) is 126 Å². The zero-order chi connectivity index (χ0) is 34.1. The summed E-state index contributed by atoms with van der Waals surface area (Å²) in [5, 5.41) is 5.26. The average Bonchev–Trinajstić information content (AvgIpc) is 3.40. The van der Waals surface area contributed by atoms with Gasteiger partial charge in [0.25, 0.3) is 5.91 Å². The second-order valence-electron chi connectivity index (χ2n) is 12.4. The van der Waals surface area contributed by atoms with Crippen molar-refractivity contribution in [1.82, 2.24) is 15.3 Å². The smallest absolute Gasteiger partial charge is 0.257 e. The molecule has 0 saturated carbocycles. The van der Waals surface area contributed by atoms with Crippen molar-refractivity contribution < 1.29 is 29.8 Å². The summed E-state index contributed by atoms with van der Waals surface area (Å²) in [6.45, 7) is 13.7. The Hall–Kier alpha value is -2.42. The third-order valence-electron chi connectivity index (χ3n) is 7.98. The zero-order valence-corrected chi connectivity index (χ0v) is 29.2. The van der Waals surface area contributed by atoms with Crippen LogP contribution in [0.2, 0.25) is 0 Å². The number of aliphatic imine (C=N–C) groups is 1. The van der Waals surface area contributed by atoms with Gasteiger partial charge in [0, 0.05) is 57.2 Å². The molecule has 2 rings (SSSR count). The van der Waals surface area contributed by atoms with Gasteiger partial charge >= 0.3 is 0 Å². The quantitative estimate of drug-likeness (QED) is 0.0399. The lowest BCUT2D eigenvalue weighted by atomic mass is 9.90. The normalized spacial score (nSPS) is 23.2. The number of rotatable bonds is 21. The van der Waals surface area contributed by atoms with E-state index in [-0.39, 0.29) is 42.5 Å². The second-order valence-corrected chi connectivity index (χ2v) is 14.2. The summed E-state index contributed by atoms with van der Waals surface area (Å²) in [5.74, 6) is -1.67. The predicted octanol–water partition coefficient (Wildman–Crippen LogP) is 5.86. The number of ketones is 1. The third kappa shape index (κ3) is 13.5. The minimum Gasteiger partial charge on any atom is -0.447 e. The molecule has 3 amide bonds. The van der Waals surface area contributed by atoms with Crippen LogP contribution in [0.4, 0.5) is 0 Å². The van der Waals surface area contributed by atoms with Crippen LogP contribution in [0.15, 0.2) is 28.8 Å². The van der Waals surface area contributed by atoms with E-state index in [9.17, 15) is 19.2 Å². The Morgan fingerprint density at radius 3 is 2.53 bits per heavy atom. The second kappa shape index (κ2) is 20.7. The van der Waals surface area contributed by atoms with Crippen molar-refractivity contribution in [2.45, 2.75) is 131 Å². The fourth-order valence-electron chi connectivity index (χ4n) is 5.77. The van der Waals surface area contributed by atoms with Crippen LogP contribution in [0.5, 0.6) is 0 Å². The monoisotopic (exact) mass is 649 g/mol. The highest BCUT2D eigenvalue weighted by Crippen LogP contribution is 2.49. The highest BCUT2D eigenvalue weighted by atomic mass is 31.2. The van der Waals surface area contributed by atoms with Crippen molar-refractivity contribution in [2.75, 3.05) is 19.3 Å². The molecule has 0 spiro atoms. The fraction of sp³-hybridized carbons (Fsp3) is 0.735. The van der Waals surface area contributed by atoms with E-state index < -0.39 is 32.1 Å². The molecule has 1 fully saturated rings. The van der Waals surface area contributed by atoms with Gasteiger partial charge in [-0.15, -0.1) is 0 Å². The molecule has 3 unspecified atom stereocenters. The number of nitrogens with zero attached hydrogens (tertiary/aromatic N) is 2. The predicted molar refractivity (Wildman–Crippen MR) is 181 cm³/mol. The lowest BCUT2D eigenvalue weighted by molar-refractivity contribution is -0.134. The number of nitrogens with one attached hydrogen (secondary N) is 2. The molecule has 0 aromatic carbocycles. The number of hydrogen-bond acceptors (Lipinski definition) is 8. The molecule has 0 aliphatic carbocycles. The van der Waals surface area contributed by atoms with Gasteiger partial charge in [0.05, 0.1) is 18.1 Å². The number of amides is 3. The lowest BCUT2D eigenvalue weighted by Gasteiger charge is -2.37.